The number of para-hydroxylation sites is 2. The molecule has 0 atom stereocenters. The van der Waals surface area contributed by atoms with Crippen LogP contribution in [0, 0.1) is 0 Å². The van der Waals surface area contributed by atoms with Gasteiger partial charge in [-0.3, -0.25) is 9.56 Å². The second-order valence-electron chi connectivity index (χ2n) is 6.98. The maximum atomic E-state index is 4.90. The minimum atomic E-state index is 0.725. The quantitative estimate of drug-likeness (QED) is 0.677. The molecule has 4 heteroatoms. The Balaban J connectivity index is 1.83. The van der Waals surface area contributed by atoms with Crippen LogP contribution in [0.1, 0.15) is 5.69 Å². The molecule has 2 aliphatic rings. The molecule has 2 aliphatic heterocycles. The lowest BCUT2D eigenvalue weighted by atomic mass is 10.2. The van der Waals surface area contributed by atoms with Crippen LogP contribution < -0.4 is 10.6 Å². The fourth-order valence-electron chi connectivity index (χ4n) is 4.00. The largest absolute Gasteiger partial charge is 0.355 e. The maximum absolute atomic E-state index is 4.90. The molecule has 25 heavy (non-hydrogen) atoms. The minimum absolute atomic E-state index is 0.725. The first-order chi connectivity index (χ1) is 12.3. The Morgan fingerprint density at radius 3 is 2.52 bits per heavy atom. The summed E-state index contributed by atoms with van der Waals surface area (Å²) in [7, 11) is 2.20. The summed E-state index contributed by atoms with van der Waals surface area (Å²) in [6, 6.07) is 19.5. The van der Waals surface area contributed by atoms with E-state index in [1.54, 1.807) is 0 Å². The van der Waals surface area contributed by atoms with Crippen LogP contribution in [-0.4, -0.2) is 47.6 Å². The molecular formula is C21H22N4. The molecule has 3 aromatic rings. The third-order valence-corrected chi connectivity index (χ3v) is 5.36. The lowest BCUT2D eigenvalue weighted by Crippen LogP contribution is -2.47. The SMILES string of the molecule is CN1CCN(C2=c3ccccc3=NCc3cc4ccccc4n32)CC1. The van der Waals surface area contributed by atoms with Gasteiger partial charge in [-0.05, 0) is 31.3 Å². The molecular weight excluding hydrogens is 308 g/mol. The van der Waals surface area contributed by atoms with Gasteiger partial charge in [0.2, 0.25) is 0 Å². The third-order valence-electron chi connectivity index (χ3n) is 5.36. The van der Waals surface area contributed by atoms with Gasteiger partial charge in [0.1, 0.15) is 5.82 Å². The fourth-order valence-corrected chi connectivity index (χ4v) is 4.00. The van der Waals surface area contributed by atoms with Crippen LogP contribution in [0.5, 0.6) is 0 Å². The molecule has 0 amide bonds. The highest BCUT2D eigenvalue weighted by atomic mass is 15.3. The summed E-state index contributed by atoms with van der Waals surface area (Å²) in [4.78, 5) is 9.84. The highest BCUT2D eigenvalue weighted by Crippen LogP contribution is 2.26. The van der Waals surface area contributed by atoms with E-state index in [0.717, 1.165) is 38.1 Å². The van der Waals surface area contributed by atoms with Crippen molar-refractivity contribution >= 4 is 16.7 Å². The number of likely N-dealkylation sites (N-methyl/N-ethyl adjacent to an activating group) is 1. The van der Waals surface area contributed by atoms with E-state index >= 15 is 0 Å². The number of benzene rings is 2. The van der Waals surface area contributed by atoms with Crippen LogP contribution in [0.25, 0.3) is 16.7 Å². The Morgan fingerprint density at radius 1 is 0.880 bits per heavy atom. The summed E-state index contributed by atoms with van der Waals surface area (Å²) < 4.78 is 2.44. The van der Waals surface area contributed by atoms with Gasteiger partial charge >= 0.3 is 0 Å². The van der Waals surface area contributed by atoms with Crippen molar-refractivity contribution in [3.63, 3.8) is 0 Å². The van der Waals surface area contributed by atoms with E-state index in [1.807, 2.05) is 0 Å². The van der Waals surface area contributed by atoms with E-state index < -0.39 is 0 Å². The molecule has 1 fully saturated rings. The van der Waals surface area contributed by atoms with Gasteiger partial charge in [-0.15, -0.1) is 0 Å². The molecule has 2 aromatic carbocycles. The molecule has 0 bridgehead atoms. The Bertz CT molecular complexity index is 1050. The van der Waals surface area contributed by atoms with Crippen LogP contribution in [0.2, 0.25) is 0 Å². The van der Waals surface area contributed by atoms with Crippen LogP contribution in [0.4, 0.5) is 0 Å². The zero-order chi connectivity index (χ0) is 16.8. The Hall–Kier alpha value is -2.59. The summed E-state index contributed by atoms with van der Waals surface area (Å²) >= 11 is 0. The standard InChI is InChI=1S/C21H22N4/c1-23-10-12-24(13-11-23)21-18-7-3-4-8-19(18)22-15-17-14-16-6-2-5-9-20(16)25(17)21/h2-9,14H,10-13,15H2,1H3. The molecule has 4 nitrogen and oxygen atoms in total. The summed E-state index contributed by atoms with van der Waals surface area (Å²) in [5, 5.41) is 3.63. The number of hydrogen-bond donors (Lipinski definition) is 0. The van der Waals surface area contributed by atoms with Gasteiger partial charge in [0, 0.05) is 42.5 Å². The van der Waals surface area contributed by atoms with E-state index in [4.69, 9.17) is 4.99 Å². The van der Waals surface area contributed by atoms with Crippen molar-refractivity contribution in [2.75, 3.05) is 33.2 Å². The van der Waals surface area contributed by atoms with Gasteiger partial charge in [0.05, 0.1) is 17.4 Å². The zero-order valence-electron chi connectivity index (χ0n) is 14.5. The Kier molecular flexibility index (Phi) is 3.38. The molecule has 0 saturated carbocycles. The molecule has 1 saturated heterocycles. The highest BCUT2D eigenvalue weighted by molar-refractivity contribution is 5.84. The van der Waals surface area contributed by atoms with Crippen molar-refractivity contribution in [1.82, 2.24) is 14.4 Å². The average molecular weight is 330 g/mol. The van der Waals surface area contributed by atoms with Crippen molar-refractivity contribution in [2.24, 2.45) is 4.99 Å². The molecule has 0 radical (unpaired) electrons. The predicted molar refractivity (Wildman–Crippen MR) is 101 cm³/mol. The van der Waals surface area contributed by atoms with Gasteiger partial charge < -0.3 is 9.80 Å². The summed E-state index contributed by atoms with van der Waals surface area (Å²) in [6.07, 6.45) is 0. The Labute approximate surface area is 147 Å². The van der Waals surface area contributed by atoms with Crippen molar-refractivity contribution in [1.29, 1.82) is 0 Å². The van der Waals surface area contributed by atoms with Crippen molar-refractivity contribution < 1.29 is 0 Å². The molecule has 1 aromatic heterocycles. The molecule has 126 valence electrons. The van der Waals surface area contributed by atoms with E-state index in [9.17, 15) is 0 Å². The van der Waals surface area contributed by atoms with E-state index in [0.29, 0.717) is 0 Å². The number of nitrogens with zero attached hydrogens (tertiary/aromatic N) is 4. The summed E-state index contributed by atoms with van der Waals surface area (Å²) in [5.41, 5.74) is 2.55. The smallest absolute Gasteiger partial charge is 0.123 e. The summed E-state index contributed by atoms with van der Waals surface area (Å²) in [5.74, 6) is 1.29. The van der Waals surface area contributed by atoms with E-state index in [-0.39, 0.29) is 0 Å². The first-order valence-electron chi connectivity index (χ1n) is 8.98. The number of piperazine rings is 1. The lowest BCUT2D eigenvalue weighted by molar-refractivity contribution is 0.201. The zero-order valence-corrected chi connectivity index (χ0v) is 14.5. The summed E-state index contributed by atoms with van der Waals surface area (Å²) in [6.45, 7) is 5.01. The van der Waals surface area contributed by atoms with E-state index in [2.05, 4.69) is 76.0 Å². The first kappa shape index (κ1) is 14.7. The van der Waals surface area contributed by atoms with Gasteiger partial charge in [0.15, 0.2) is 0 Å². The molecule has 5 rings (SSSR count). The predicted octanol–water partition coefficient (Wildman–Crippen LogP) is 1.64. The number of fused-ring (bicyclic) bond motifs is 4. The van der Waals surface area contributed by atoms with Gasteiger partial charge in [-0.1, -0.05) is 30.3 Å². The minimum Gasteiger partial charge on any atom is -0.355 e. The first-order valence-corrected chi connectivity index (χ1v) is 8.98. The molecule has 3 heterocycles. The lowest BCUT2D eigenvalue weighted by Gasteiger charge is -2.36. The van der Waals surface area contributed by atoms with E-state index in [1.165, 1.54) is 27.6 Å². The van der Waals surface area contributed by atoms with Crippen LogP contribution in [0.15, 0.2) is 59.6 Å². The fraction of sp³-hybridized carbons (Fsp3) is 0.286. The van der Waals surface area contributed by atoms with Crippen LogP contribution in [0.3, 0.4) is 0 Å². The topological polar surface area (TPSA) is 23.8 Å². The van der Waals surface area contributed by atoms with Crippen LogP contribution in [-0.2, 0) is 6.54 Å². The third kappa shape index (κ3) is 2.36. The van der Waals surface area contributed by atoms with Gasteiger partial charge in [0.25, 0.3) is 0 Å². The molecule has 0 spiro atoms. The molecule has 0 aliphatic carbocycles. The van der Waals surface area contributed by atoms with Crippen molar-refractivity contribution in [2.45, 2.75) is 6.54 Å². The highest BCUT2D eigenvalue weighted by Gasteiger charge is 2.23. The van der Waals surface area contributed by atoms with Gasteiger partial charge in [-0.2, -0.15) is 0 Å². The Morgan fingerprint density at radius 2 is 1.64 bits per heavy atom. The monoisotopic (exact) mass is 330 g/mol. The molecule has 0 unspecified atom stereocenters. The van der Waals surface area contributed by atoms with Crippen molar-refractivity contribution in [3.8, 4) is 0 Å². The maximum Gasteiger partial charge on any atom is 0.123 e. The van der Waals surface area contributed by atoms with Crippen LogP contribution >= 0.6 is 0 Å². The normalized spacial score (nSPS) is 17.8. The number of aromatic nitrogens is 1. The number of rotatable bonds is 1. The molecule has 0 N–H and O–H groups in total. The van der Waals surface area contributed by atoms with Gasteiger partial charge in [-0.25, -0.2) is 0 Å². The van der Waals surface area contributed by atoms with Crippen molar-refractivity contribution in [3.05, 3.63) is 70.9 Å². The second kappa shape index (κ2) is 5.74. The second-order valence-corrected chi connectivity index (χ2v) is 6.98. The number of hydrogen-bond acceptors (Lipinski definition) is 3. The average Bonchev–Trinajstić information content (AvgIpc) is 2.93.